The summed E-state index contributed by atoms with van der Waals surface area (Å²) < 4.78 is 1.46. The Balaban J connectivity index is 0.00000523. The second-order valence-corrected chi connectivity index (χ2v) is 28.2. The molecule has 5 heteroatoms. The van der Waals surface area contributed by atoms with Crippen LogP contribution in [0.2, 0.25) is 0 Å². The number of halogens is 3. The van der Waals surface area contributed by atoms with E-state index >= 15 is 0 Å². The second kappa shape index (κ2) is 17.1. The molecular weight excluding hydrogens is 795 g/mol. The molecule has 0 unspecified atom stereocenters. The van der Waals surface area contributed by atoms with E-state index in [2.05, 4.69) is 227 Å². The van der Waals surface area contributed by atoms with Gasteiger partial charge in [0.15, 0.2) is 0 Å². The first-order chi connectivity index (χ1) is 23.6. The van der Waals surface area contributed by atoms with Crippen LogP contribution in [0.3, 0.4) is 0 Å². The van der Waals surface area contributed by atoms with E-state index in [0.29, 0.717) is 0 Å². The SMILES string of the molecule is CC(C)(C)C1=C([Si](c2cc(C(C)(C)C)cc(C(C)(C)C)c2)(c2cc(C(C)(C)C)cc(C(C)(C)C)c2)c2cc(C(C)(C)C)cc(C(C)(C)C)c2)CC=[C]1[Ti+3].[Cl-].[Cl-].[Cl-]. The summed E-state index contributed by atoms with van der Waals surface area (Å²) in [5.74, 6) is 0. The van der Waals surface area contributed by atoms with E-state index in [9.17, 15) is 0 Å². The minimum Gasteiger partial charge on any atom is -1.00 e. The number of rotatable bonds is 4. The Labute approximate surface area is 377 Å². The molecule has 0 aliphatic heterocycles. The minimum absolute atomic E-state index is 0. The van der Waals surface area contributed by atoms with Gasteiger partial charge in [-0.15, -0.1) is 0 Å². The van der Waals surface area contributed by atoms with Crippen LogP contribution >= 0.6 is 0 Å². The van der Waals surface area contributed by atoms with Crippen molar-refractivity contribution in [3.8, 4) is 0 Å². The van der Waals surface area contributed by atoms with Crippen LogP contribution in [0.5, 0.6) is 0 Å². The van der Waals surface area contributed by atoms with E-state index in [0.717, 1.165) is 6.42 Å². The summed E-state index contributed by atoms with van der Waals surface area (Å²) in [6, 6.07) is 23.6. The Kier molecular flexibility index (Phi) is 16.2. The van der Waals surface area contributed by atoms with Gasteiger partial charge in [-0.1, -0.05) is 0 Å². The predicted octanol–water partition coefficient (Wildman–Crippen LogP) is 3.67. The van der Waals surface area contributed by atoms with Crippen molar-refractivity contribution in [2.45, 2.75) is 184 Å². The summed E-state index contributed by atoms with van der Waals surface area (Å²) >= 11 is 2.39. The zero-order chi connectivity index (χ0) is 40.7. The Morgan fingerprint density at radius 2 is 0.571 bits per heavy atom. The largest absolute Gasteiger partial charge is 1.00 e. The van der Waals surface area contributed by atoms with E-state index in [4.69, 9.17) is 0 Å². The third-order valence-corrected chi connectivity index (χ3v) is 17.1. The van der Waals surface area contributed by atoms with Crippen LogP contribution in [0.25, 0.3) is 0 Å². The fourth-order valence-electron chi connectivity index (χ4n) is 7.92. The maximum absolute atomic E-state index is 3.04. The first-order valence-corrected chi connectivity index (χ1v) is 23.0. The molecule has 0 saturated carbocycles. The number of hydrogen-bond acceptors (Lipinski definition) is 0. The molecule has 3 aromatic carbocycles. The smallest absolute Gasteiger partial charge is 1.00 e. The van der Waals surface area contributed by atoms with Gasteiger partial charge in [0.2, 0.25) is 0 Å². The summed E-state index contributed by atoms with van der Waals surface area (Å²) in [6.07, 6.45) is 3.55. The molecular formula is C51H75Cl3SiTi. The molecule has 3 aromatic rings. The first-order valence-electron chi connectivity index (χ1n) is 20.2. The molecule has 0 aromatic heterocycles. The second-order valence-electron chi connectivity index (χ2n) is 23.6. The Morgan fingerprint density at radius 1 is 0.357 bits per heavy atom. The zero-order valence-corrected chi connectivity index (χ0v) is 43.9. The van der Waals surface area contributed by atoms with Crippen LogP contribution in [0.4, 0.5) is 0 Å². The van der Waals surface area contributed by atoms with Gasteiger partial charge in [0, 0.05) is 0 Å². The van der Waals surface area contributed by atoms with Crippen LogP contribution < -0.4 is 52.8 Å². The molecule has 0 bridgehead atoms. The number of allylic oxidation sites excluding steroid dienone is 4. The molecule has 0 spiro atoms. The van der Waals surface area contributed by atoms with Gasteiger partial charge < -0.3 is 37.2 Å². The van der Waals surface area contributed by atoms with Crippen molar-refractivity contribution in [1.29, 1.82) is 0 Å². The molecule has 0 N–H and O–H groups in total. The summed E-state index contributed by atoms with van der Waals surface area (Å²) in [5.41, 5.74) is 10.1. The zero-order valence-electron chi connectivity index (χ0n) is 39.1. The van der Waals surface area contributed by atoms with E-state index in [-0.39, 0.29) is 75.1 Å². The molecule has 308 valence electrons. The molecule has 4 rings (SSSR count). The molecule has 0 amide bonds. The van der Waals surface area contributed by atoms with Gasteiger partial charge in [-0.25, -0.2) is 0 Å². The predicted molar refractivity (Wildman–Crippen MR) is 235 cm³/mol. The van der Waals surface area contributed by atoms with Crippen molar-refractivity contribution in [3.05, 3.63) is 109 Å². The molecule has 0 saturated heterocycles. The van der Waals surface area contributed by atoms with Crippen molar-refractivity contribution < 1.29 is 57.7 Å². The minimum atomic E-state index is -3.04. The summed E-state index contributed by atoms with van der Waals surface area (Å²) in [6.45, 7) is 50.6. The molecule has 0 fully saturated rings. The van der Waals surface area contributed by atoms with Crippen molar-refractivity contribution in [3.63, 3.8) is 0 Å². The van der Waals surface area contributed by atoms with Gasteiger partial charge in [0.25, 0.3) is 0 Å². The van der Waals surface area contributed by atoms with E-state index in [1.165, 1.54) is 52.8 Å². The van der Waals surface area contributed by atoms with Crippen molar-refractivity contribution in [2.24, 2.45) is 5.41 Å². The van der Waals surface area contributed by atoms with Gasteiger partial charge >= 0.3 is 342 Å². The molecule has 1 aliphatic carbocycles. The fraction of sp³-hybridized carbons (Fsp3) is 0.569. The van der Waals surface area contributed by atoms with Gasteiger partial charge in [0.1, 0.15) is 0 Å². The monoisotopic (exact) mass is 868 g/mol. The average molecular weight is 870 g/mol. The summed E-state index contributed by atoms with van der Waals surface area (Å²) in [4.78, 5) is 0. The van der Waals surface area contributed by atoms with Gasteiger partial charge in [-0.2, -0.15) is 0 Å². The maximum Gasteiger partial charge on any atom is -1.00 e. The third-order valence-electron chi connectivity index (χ3n) is 11.6. The van der Waals surface area contributed by atoms with Crippen molar-refractivity contribution >= 4 is 23.6 Å². The van der Waals surface area contributed by atoms with Crippen molar-refractivity contribution in [1.82, 2.24) is 0 Å². The van der Waals surface area contributed by atoms with Crippen LogP contribution in [0.1, 0.15) is 185 Å². The number of benzene rings is 3. The van der Waals surface area contributed by atoms with E-state index in [1.807, 2.05) is 0 Å². The molecule has 0 atom stereocenters. The summed E-state index contributed by atoms with van der Waals surface area (Å²) in [5, 5.41) is 6.27. The van der Waals surface area contributed by atoms with Crippen molar-refractivity contribution in [2.75, 3.05) is 0 Å². The average Bonchev–Trinajstić information content (AvgIpc) is 3.36. The van der Waals surface area contributed by atoms with Gasteiger partial charge in [-0.05, 0) is 0 Å². The maximum atomic E-state index is 2.67. The Bertz CT molecular complexity index is 1650. The topological polar surface area (TPSA) is 0 Å². The first kappa shape index (κ1) is 53.0. The quantitative estimate of drug-likeness (QED) is 0.278. The van der Waals surface area contributed by atoms with Crippen LogP contribution in [0.15, 0.2) is 75.3 Å². The summed E-state index contributed by atoms with van der Waals surface area (Å²) in [7, 11) is -3.04. The molecule has 1 aliphatic rings. The van der Waals surface area contributed by atoms with Gasteiger partial charge in [0.05, 0.1) is 0 Å². The molecule has 0 nitrogen and oxygen atoms in total. The van der Waals surface area contributed by atoms with Gasteiger partial charge in [-0.3, -0.25) is 0 Å². The molecule has 0 radical (unpaired) electrons. The van der Waals surface area contributed by atoms with Crippen LogP contribution in [0, 0.1) is 5.41 Å². The Hall–Kier alpha value is -1.06. The standard InChI is InChI=1S/C51H75Si.3ClH.Ti/c1-45(2,3)34-25-35(46(4,5)6)29-40(28-34)52(44-24-22-23-43(44)51(19,20)21,41-30-36(47(7,8)9)26-37(31-41)48(10,11)12)42-32-38(49(13,14)15)27-39(33-42)50(16,17)18;;;;/h22,25-33H,24H2,1-21H3;3*1H;/q;;;;+3/p-3. The molecule has 56 heavy (non-hydrogen) atoms. The van der Waals surface area contributed by atoms with E-state index < -0.39 is 8.07 Å². The normalized spacial score (nSPS) is 14.9. The van der Waals surface area contributed by atoms with Crippen LogP contribution in [-0.4, -0.2) is 8.07 Å². The third kappa shape index (κ3) is 11.0. The van der Waals surface area contributed by atoms with E-state index in [1.54, 1.807) is 10.8 Å². The number of hydrogen-bond donors (Lipinski definition) is 0. The molecule has 0 heterocycles. The van der Waals surface area contributed by atoms with Crippen LogP contribution in [-0.2, 0) is 52.9 Å². The Morgan fingerprint density at radius 3 is 0.750 bits per heavy atom. The fourth-order valence-corrected chi connectivity index (χ4v) is 14.7.